The predicted octanol–water partition coefficient (Wildman–Crippen LogP) is 3.49. The summed E-state index contributed by atoms with van der Waals surface area (Å²) in [5.41, 5.74) is 0. The number of cyclic esters (lactones) is 1. The van der Waals surface area contributed by atoms with Crippen molar-refractivity contribution in [3.05, 3.63) is 0 Å². The lowest BCUT2D eigenvalue weighted by Crippen LogP contribution is -2.49. The Hall–Kier alpha value is -0.650. The zero-order valence-electron chi connectivity index (χ0n) is 15.1. The number of esters is 1. The lowest BCUT2D eigenvalue weighted by Gasteiger charge is -2.34. The maximum Gasteiger partial charge on any atom is 0.338 e. The second-order valence-corrected chi connectivity index (χ2v) is 6.13. The van der Waals surface area contributed by atoms with Gasteiger partial charge in [0.05, 0.1) is 12.7 Å². The van der Waals surface area contributed by atoms with Crippen LogP contribution in [0.4, 0.5) is 0 Å². The van der Waals surface area contributed by atoms with Crippen molar-refractivity contribution in [2.75, 3.05) is 26.4 Å². The first kappa shape index (κ1) is 20.4. The largest absolute Gasteiger partial charge is 0.458 e. The van der Waals surface area contributed by atoms with Crippen molar-refractivity contribution >= 4 is 5.97 Å². The van der Waals surface area contributed by atoms with Crippen molar-refractivity contribution in [3.63, 3.8) is 0 Å². The van der Waals surface area contributed by atoms with E-state index < -0.39 is 6.10 Å². The molecule has 0 aromatic rings. The second-order valence-electron chi connectivity index (χ2n) is 6.13. The molecule has 0 spiro atoms. The van der Waals surface area contributed by atoms with Gasteiger partial charge in [0, 0.05) is 26.2 Å². The third kappa shape index (κ3) is 8.13. The molecule has 136 valence electrons. The van der Waals surface area contributed by atoms with Crippen LogP contribution in [0.5, 0.6) is 0 Å². The van der Waals surface area contributed by atoms with Crippen molar-refractivity contribution in [1.82, 2.24) is 0 Å². The fourth-order valence-corrected chi connectivity index (χ4v) is 2.44. The van der Waals surface area contributed by atoms with Crippen molar-refractivity contribution < 1.29 is 23.7 Å². The summed E-state index contributed by atoms with van der Waals surface area (Å²) in [5, 5.41) is 0. The molecule has 23 heavy (non-hydrogen) atoms. The normalized spacial score (nSPS) is 24.7. The van der Waals surface area contributed by atoms with Gasteiger partial charge in [-0.05, 0) is 19.3 Å². The molecule has 1 fully saturated rings. The zero-order valence-corrected chi connectivity index (χ0v) is 15.1. The molecule has 1 aliphatic rings. The van der Waals surface area contributed by atoms with Crippen LogP contribution in [-0.2, 0) is 23.7 Å². The van der Waals surface area contributed by atoms with Crippen LogP contribution < -0.4 is 0 Å². The number of ether oxygens (including phenoxy) is 4. The van der Waals surface area contributed by atoms with Crippen molar-refractivity contribution in [3.8, 4) is 0 Å². The Morgan fingerprint density at radius 1 is 0.957 bits per heavy atom. The Morgan fingerprint density at radius 3 is 2.22 bits per heavy atom. The van der Waals surface area contributed by atoms with Crippen molar-refractivity contribution in [1.29, 1.82) is 0 Å². The van der Waals surface area contributed by atoms with E-state index in [0.717, 1.165) is 38.5 Å². The van der Waals surface area contributed by atoms with Gasteiger partial charge in [0.25, 0.3) is 0 Å². The Kier molecular flexibility index (Phi) is 11.3. The molecule has 1 saturated heterocycles. The molecule has 1 aliphatic heterocycles. The molecule has 3 atom stereocenters. The summed E-state index contributed by atoms with van der Waals surface area (Å²) in [5.74, 6) is -0.307. The van der Waals surface area contributed by atoms with Crippen molar-refractivity contribution in [2.45, 2.75) is 84.0 Å². The van der Waals surface area contributed by atoms with Gasteiger partial charge in [0.2, 0.25) is 0 Å². The van der Waals surface area contributed by atoms with E-state index in [0.29, 0.717) is 32.8 Å². The van der Waals surface area contributed by atoms with Gasteiger partial charge in [0.15, 0.2) is 6.10 Å². The summed E-state index contributed by atoms with van der Waals surface area (Å²) >= 11 is 0. The minimum Gasteiger partial charge on any atom is -0.458 e. The molecule has 5 heteroatoms. The summed E-state index contributed by atoms with van der Waals surface area (Å²) in [6, 6.07) is 0. The Bertz CT molecular complexity index is 308. The molecular formula is C18H34O5. The molecule has 0 aliphatic carbocycles. The summed E-state index contributed by atoms with van der Waals surface area (Å²) in [6.45, 7) is 8.73. The summed E-state index contributed by atoms with van der Waals surface area (Å²) in [6.07, 6.45) is 5.78. The highest BCUT2D eigenvalue weighted by atomic mass is 16.6. The van der Waals surface area contributed by atoms with E-state index in [1.807, 2.05) is 0 Å². The molecule has 0 saturated carbocycles. The van der Waals surface area contributed by atoms with Gasteiger partial charge in [-0.15, -0.1) is 0 Å². The third-order valence-corrected chi connectivity index (χ3v) is 3.92. The van der Waals surface area contributed by atoms with Crippen LogP contribution in [0.25, 0.3) is 0 Å². The van der Waals surface area contributed by atoms with E-state index in [-0.39, 0.29) is 18.2 Å². The van der Waals surface area contributed by atoms with Crippen LogP contribution in [0.2, 0.25) is 0 Å². The van der Waals surface area contributed by atoms with Crippen LogP contribution in [-0.4, -0.2) is 50.7 Å². The highest BCUT2D eigenvalue weighted by molar-refractivity contribution is 5.76. The van der Waals surface area contributed by atoms with Crippen molar-refractivity contribution in [2.24, 2.45) is 0 Å². The molecule has 0 amide bonds. The van der Waals surface area contributed by atoms with Gasteiger partial charge in [-0.3, -0.25) is 0 Å². The van der Waals surface area contributed by atoms with Gasteiger partial charge in [-0.1, -0.05) is 40.0 Å². The molecular weight excluding hydrogens is 296 g/mol. The first-order chi connectivity index (χ1) is 11.2. The van der Waals surface area contributed by atoms with E-state index in [1.54, 1.807) is 0 Å². The first-order valence-corrected chi connectivity index (χ1v) is 9.24. The molecule has 0 aromatic carbocycles. The summed E-state index contributed by atoms with van der Waals surface area (Å²) < 4.78 is 22.7. The molecule has 0 radical (unpaired) electrons. The van der Waals surface area contributed by atoms with Gasteiger partial charge >= 0.3 is 5.97 Å². The number of carbonyl (C=O) groups excluding carboxylic acids is 1. The SMILES string of the molecule is CCCCOC[C@@H]1CC(OCCCC)[C@@H](OCCCC)C(=O)O1. The van der Waals surface area contributed by atoms with E-state index in [4.69, 9.17) is 18.9 Å². The van der Waals surface area contributed by atoms with E-state index in [2.05, 4.69) is 20.8 Å². The summed E-state index contributed by atoms with van der Waals surface area (Å²) in [7, 11) is 0. The topological polar surface area (TPSA) is 54.0 Å². The first-order valence-electron chi connectivity index (χ1n) is 9.24. The smallest absolute Gasteiger partial charge is 0.338 e. The second kappa shape index (κ2) is 12.7. The molecule has 1 heterocycles. The average Bonchev–Trinajstić information content (AvgIpc) is 2.54. The maximum atomic E-state index is 12.2. The van der Waals surface area contributed by atoms with Crippen LogP contribution in [0, 0.1) is 0 Å². The number of hydrogen-bond acceptors (Lipinski definition) is 5. The zero-order chi connectivity index (χ0) is 16.9. The standard InChI is InChI=1S/C18H34O5/c1-4-7-10-20-14-15-13-16(21-11-8-5-2)17(18(19)23-15)22-12-9-6-3/h15-17H,4-14H2,1-3H3/t15-,16?,17+/m0/s1. The monoisotopic (exact) mass is 330 g/mol. The molecule has 1 rings (SSSR count). The average molecular weight is 330 g/mol. The number of carbonyl (C=O) groups is 1. The molecule has 0 N–H and O–H groups in total. The van der Waals surface area contributed by atoms with E-state index in [9.17, 15) is 4.79 Å². The number of rotatable bonds is 13. The maximum absolute atomic E-state index is 12.2. The van der Waals surface area contributed by atoms with Crippen LogP contribution >= 0.6 is 0 Å². The molecule has 1 unspecified atom stereocenters. The van der Waals surface area contributed by atoms with Crippen LogP contribution in [0.3, 0.4) is 0 Å². The third-order valence-electron chi connectivity index (χ3n) is 3.92. The Balaban J connectivity index is 2.48. The van der Waals surface area contributed by atoms with Gasteiger partial charge in [0.1, 0.15) is 6.10 Å². The number of hydrogen-bond donors (Lipinski definition) is 0. The summed E-state index contributed by atoms with van der Waals surface area (Å²) in [4.78, 5) is 12.2. The van der Waals surface area contributed by atoms with Gasteiger partial charge < -0.3 is 18.9 Å². The van der Waals surface area contributed by atoms with Crippen LogP contribution in [0.1, 0.15) is 65.7 Å². The van der Waals surface area contributed by atoms with E-state index in [1.165, 1.54) is 0 Å². The predicted molar refractivity (Wildman–Crippen MR) is 89.5 cm³/mol. The minimum atomic E-state index is -0.592. The highest BCUT2D eigenvalue weighted by Crippen LogP contribution is 2.22. The van der Waals surface area contributed by atoms with E-state index >= 15 is 0 Å². The minimum absolute atomic E-state index is 0.223. The van der Waals surface area contributed by atoms with Gasteiger partial charge in [-0.25, -0.2) is 4.79 Å². The number of unbranched alkanes of at least 4 members (excludes halogenated alkanes) is 3. The molecule has 0 bridgehead atoms. The lowest BCUT2D eigenvalue weighted by molar-refractivity contribution is -0.196. The fourth-order valence-electron chi connectivity index (χ4n) is 2.44. The fraction of sp³-hybridized carbons (Fsp3) is 0.944. The highest BCUT2D eigenvalue weighted by Gasteiger charge is 2.40. The Labute approximate surface area is 141 Å². The lowest BCUT2D eigenvalue weighted by atomic mass is 10.0. The van der Waals surface area contributed by atoms with Gasteiger partial charge in [-0.2, -0.15) is 0 Å². The quantitative estimate of drug-likeness (QED) is 0.382. The Morgan fingerprint density at radius 2 is 1.57 bits per heavy atom. The molecule has 0 aromatic heterocycles. The van der Waals surface area contributed by atoms with Crippen LogP contribution in [0.15, 0.2) is 0 Å². The molecule has 5 nitrogen and oxygen atoms in total.